The second-order valence-electron chi connectivity index (χ2n) is 4.50. The summed E-state index contributed by atoms with van der Waals surface area (Å²) < 4.78 is 13.6. The Hall–Kier alpha value is -1.35. The first-order valence-corrected chi connectivity index (χ1v) is 5.80. The van der Waals surface area contributed by atoms with Crippen molar-refractivity contribution < 1.29 is 4.39 Å². The number of aryl methyl sites for hydroxylation is 1. The van der Waals surface area contributed by atoms with Gasteiger partial charge in [-0.2, -0.15) is 0 Å². The molecule has 0 radical (unpaired) electrons. The van der Waals surface area contributed by atoms with E-state index in [2.05, 4.69) is 4.98 Å². The van der Waals surface area contributed by atoms with Gasteiger partial charge in [0.05, 0.1) is 5.52 Å². The summed E-state index contributed by atoms with van der Waals surface area (Å²) in [5.41, 5.74) is 8.88. The third-order valence-corrected chi connectivity index (χ3v) is 3.58. The average molecular weight is 218 g/mol. The zero-order chi connectivity index (χ0) is 11.1. The van der Waals surface area contributed by atoms with Crippen LogP contribution in [0.3, 0.4) is 0 Å². The first-order chi connectivity index (χ1) is 7.81. The molecule has 0 amide bonds. The van der Waals surface area contributed by atoms with Gasteiger partial charge in [-0.15, -0.1) is 0 Å². The number of benzene rings is 1. The molecule has 0 saturated carbocycles. The highest BCUT2D eigenvalue weighted by molar-refractivity contribution is 5.86. The fourth-order valence-electron chi connectivity index (χ4n) is 2.83. The summed E-state index contributed by atoms with van der Waals surface area (Å²) in [6.45, 7) is 0.649. The third-order valence-electron chi connectivity index (χ3n) is 3.58. The molecule has 0 fully saturated rings. The lowest BCUT2D eigenvalue weighted by Gasteiger charge is -2.21. The van der Waals surface area contributed by atoms with Crippen LogP contribution in [0.25, 0.3) is 10.9 Å². The summed E-state index contributed by atoms with van der Waals surface area (Å²) in [5.74, 6) is 0.224. The van der Waals surface area contributed by atoms with E-state index < -0.39 is 0 Å². The molecule has 1 aliphatic carbocycles. The highest BCUT2D eigenvalue weighted by atomic mass is 19.1. The molecule has 2 aromatic rings. The van der Waals surface area contributed by atoms with Crippen LogP contribution < -0.4 is 5.73 Å². The summed E-state index contributed by atoms with van der Waals surface area (Å²) in [7, 11) is 0. The molecule has 1 atom stereocenters. The Balaban J connectivity index is 2.30. The normalized spacial score (nSPS) is 20.0. The summed E-state index contributed by atoms with van der Waals surface area (Å²) in [6, 6.07) is 5.26. The molecule has 84 valence electrons. The van der Waals surface area contributed by atoms with E-state index in [1.54, 1.807) is 6.07 Å². The van der Waals surface area contributed by atoms with Gasteiger partial charge in [0.2, 0.25) is 0 Å². The maximum atomic E-state index is 13.6. The fraction of sp³-hybridized carbons (Fsp3) is 0.385. The van der Waals surface area contributed by atoms with Crippen LogP contribution in [0.5, 0.6) is 0 Å². The number of rotatable bonds is 1. The standard InChI is InChI=1S/C13H15FN2/c14-10-5-2-4-9-12-8(7-15)3-1-6-11(12)16-13(9)10/h2,4-5,8,16H,1,3,6-7,15H2. The smallest absolute Gasteiger partial charge is 0.147 e. The highest BCUT2D eigenvalue weighted by Gasteiger charge is 2.24. The number of aromatic nitrogens is 1. The van der Waals surface area contributed by atoms with Gasteiger partial charge in [0.25, 0.3) is 0 Å². The van der Waals surface area contributed by atoms with Crippen LogP contribution in [0.15, 0.2) is 18.2 Å². The predicted octanol–water partition coefficient (Wildman–Crippen LogP) is 2.69. The van der Waals surface area contributed by atoms with E-state index in [0.29, 0.717) is 18.0 Å². The lowest BCUT2D eigenvalue weighted by molar-refractivity contribution is 0.560. The lowest BCUT2D eigenvalue weighted by atomic mass is 9.85. The van der Waals surface area contributed by atoms with Gasteiger partial charge in [0.15, 0.2) is 0 Å². The van der Waals surface area contributed by atoms with Crippen molar-refractivity contribution in [2.75, 3.05) is 6.54 Å². The van der Waals surface area contributed by atoms with Gasteiger partial charge in [0, 0.05) is 11.1 Å². The van der Waals surface area contributed by atoms with Crippen molar-refractivity contribution in [1.82, 2.24) is 4.98 Å². The van der Waals surface area contributed by atoms with E-state index >= 15 is 0 Å². The molecule has 3 rings (SSSR count). The molecule has 1 heterocycles. The Labute approximate surface area is 93.6 Å². The number of nitrogens with two attached hydrogens (primary N) is 1. The van der Waals surface area contributed by atoms with Crippen molar-refractivity contribution in [3.05, 3.63) is 35.3 Å². The number of aromatic amines is 1. The monoisotopic (exact) mass is 218 g/mol. The molecule has 2 nitrogen and oxygen atoms in total. The second kappa shape index (κ2) is 3.59. The zero-order valence-corrected chi connectivity index (χ0v) is 9.09. The largest absolute Gasteiger partial charge is 0.356 e. The highest BCUT2D eigenvalue weighted by Crippen LogP contribution is 2.37. The predicted molar refractivity (Wildman–Crippen MR) is 63.0 cm³/mol. The van der Waals surface area contributed by atoms with E-state index in [-0.39, 0.29) is 5.82 Å². The van der Waals surface area contributed by atoms with Crippen molar-refractivity contribution in [3.63, 3.8) is 0 Å². The van der Waals surface area contributed by atoms with Gasteiger partial charge in [-0.3, -0.25) is 0 Å². The molecule has 0 aliphatic heterocycles. The molecule has 1 aromatic carbocycles. The van der Waals surface area contributed by atoms with E-state index in [0.717, 1.165) is 24.6 Å². The molecule has 3 heteroatoms. The van der Waals surface area contributed by atoms with Crippen LogP contribution in [0, 0.1) is 5.82 Å². The van der Waals surface area contributed by atoms with Crippen LogP contribution in [0.1, 0.15) is 30.0 Å². The lowest BCUT2D eigenvalue weighted by Crippen LogP contribution is -2.17. The molecule has 1 aromatic heterocycles. The number of H-pyrrole nitrogens is 1. The van der Waals surface area contributed by atoms with Crippen molar-refractivity contribution in [2.24, 2.45) is 5.73 Å². The SMILES string of the molecule is NCC1CCCc2[nH]c3c(F)cccc3c21. The molecule has 16 heavy (non-hydrogen) atoms. The molecule has 3 N–H and O–H groups in total. The van der Waals surface area contributed by atoms with Crippen LogP contribution >= 0.6 is 0 Å². The topological polar surface area (TPSA) is 41.8 Å². The minimum absolute atomic E-state index is 0.164. The zero-order valence-electron chi connectivity index (χ0n) is 9.09. The number of nitrogens with one attached hydrogen (secondary N) is 1. The van der Waals surface area contributed by atoms with Gasteiger partial charge in [0.1, 0.15) is 5.82 Å². The van der Waals surface area contributed by atoms with E-state index in [1.165, 1.54) is 17.3 Å². The number of para-hydroxylation sites is 1. The number of hydrogen-bond acceptors (Lipinski definition) is 1. The number of halogens is 1. The molecular formula is C13H15FN2. The summed E-state index contributed by atoms with van der Waals surface area (Å²) in [4.78, 5) is 3.22. The number of hydrogen-bond donors (Lipinski definition) is 2. The third kappa shape index (κ3) is 1.28. The average Bonchev–Trinajstić information content (AvgIpc) is 2.69. The van der Waals surface area contributed by atoms with Crippen LogP contribution in [0.2, 0.25) is 0 Å². The fourth-order valence-corrected chi connectivity index (χ4v) is 2.83. The Morgan fingerprint density at radius 3 is 3.12 bits per heavy atom. The molecule has 1 unspecified atom stereocenters. The van der Waals surface area contributed by atoms with E-state index in [4.69, 9.17) is 5.73 Å². The summed E-state index contributed by atoms with van der Waals surface area (Å²) in [6.07, 6.45) is 3.27. The van der Waals surface area contributed by atoms with Crippen molar-refractivity contribution >= 4 is 10.9 Å². The van der Waals surface area contributed by atoms with Gasteiger partial charge in [-0.25, -0.2) is 4.39 Å². The van der Waals surface area contributed by atoms with E-state index in [1.807, 2.05) is 6.07 Å². The Kier molecular flexibility index (Phi) is 2.21. The first-order valence-electron chi connectivity index (χ1n) is 5.80. The van der Waals surface area contributed by atoms with Gasteiger partial charge in [-0.1, -0.05) is 12.1 Å². The molecule has 0 spiro atoms. The van der Waals surface area contributed by atoms with Crippen molar-refractivity contribution in [1.29, 1.82) is 0 Å². The maximum Gasteiger partial charge on any atom is 0.147 e. The van der Waals surface area contributed by atoms with Crippen molar-refractivity contribution in [2.45, 2.75) is 25.2 Å². The summed E-state index contributed by atoms with van der Waals surface area (Å²) in [5, 5.41) is 1.02. The Morgan fingerprint density at radius 2 is 2.31 bits per heavy atom. The van der Waals surface area contributed by atoms with Gasteiger partial charge >= 0.3 is 0 Å². The molecule has 0 bridgehead atoms. The quantitative estimate of drug-likeness (QED) is 0.759. The van der Waals surface area contributed by atoms with E-state index in [9.17, 15) is 4.39 Å². The Morgan fingerprint density at radius 1 is 1.44 bits per heavy atom. The number of fused-ring (bicyclic) bond motifs is 3. The van der Waals surface area contributed by atoms with Crippen molar-refractivity contribution in [3.8, 4) is 0 Å². The molecule has 0 saturated heterocycles. The molecule has 1 aliphatic rings. The summed E-state index contributed by atoms with van der Waals surface area (Å²) >= 11 is 0. The maximum absolute atomic E-state index is 13.6. The molecular weight excluding hydrogens is 203 g/mol. The first kappa shape index (κ1) is 9.85. The van der Waals surface area contributed by atoms with Gasteiger partial charge in [-0.05, 0) is 43.4 Å². The van der Waals surface area contributed by atoms with Gasteiger partial charge < -0.3 is 10.7 Å². The van der Waals surface area contributed by atoms with Crippen LogP contribution in [0.4, 0.5) is 4.39 Å². The van der Waals surface area contributed by atoms with Crippen LogP contribution in [-0.2, 0) is 6.42 Å². The second-order valence-corrected chi connectivity index (χ2v) is 4.50. The Bertz CT molecular complexity index is 530. The minimum atomic E-state index is -0.164. The minimum Gasteiger partial charge on any atom is -0.356 e. The van der Waals surface area contributed by atoms with Crippen LogP contribution in [-0.4, -0.2) is 11.5 Å².